The molecule has 1 aliphatic rings. The van der Waals surface area contributed by atoms with Crippen molar-refractivity contribution < 1.29 is 19.4 Å². The summed E-state index contributed by atoms with van der Waals surface area (Å²) in [4.78, 5) is 24.9. The molecule has 0 spiro atoms. The van der Waals surface area contributed by atoms with Gasteiger partial charge in [-0.25, -0.2) is 4.79 Å². The maximum Gasteiger partial charge on any atom is 0.410 e. The first-order chi connectivity index (χ1) is 10.4. The second-order valence-electron chi connectivity index (χ2n) is 6.14. The van der Waals surface area contributed by atoms with Crippen LogP contribution in [-0.4, -0.2) is 41.3 Å². The summed E-state index contributed by atoms with van der Waals surface area (Å²) in [5, 5.41) is 9.28. The Labute approximate surface area is 130 Å². The van der Waals surface area contributed by atoms with Crippen molar-refractivity contribution in [3.05, 3.63) is 35.9 Å². The normalized spacial score (nSPS) is 17.3. The number of aliphatic carboxylic acids is 1. The van der Waals surface area contributed by atoms with Gasteiger partial charge < -0.3 is 14.7 Å². The molecule has 1 heterocycles. The highest BCUT2D eigenvalue weighted by Crippen LogP contribution is 2.38. The van der Waals surface area contributed by atoms with Crippen molar-refractivity contribution in [2.45, 2.75) is 44.6 Å². The number of carboxylic acid groups (broad SMARTS) is 1. The molecule has 1 N–H and O–H groups in total. The van der Waals surface area contributed by atoms with Gasteiger partial charge in [0.25, 0.3) is 0 Å². The van der Waals surface area contributed by atoms with Gasteiger partial charge in [-0.2, -0.15) is 0 Å². The quantitative estimate of drug-likeness (QED) is 0.928. The summed E-state index contributed by atoms with van der Waals surface area (Å²) in [5.74, 6) is -0.804. The first-order valence-electron chi connectivity index (χ1n) is 7.66. The Morgan fingerprint density at radius 3 is 2.32 bits per heavy atom. The molecule has 1 fully saturated rings. The fraction of sp³-hybridized carbons (Fsp3) is 0.529. The first kappa shape index (κ1) is 16.3. The largest absolute Gasteiger partial charge is 0.481 e. The van der Waals surface area contributed by atoms with E-state index in [0.717, 1.165) is 5.56 Å². The van der Waals surface area contributed by atoms with E-state index in [4.69, 9.17) is 4.74 Å². The van der Waals surface area contributed by atoms with Crippen molar-refractivity contribution in [1.29, 1.82) is 0 Å². The zero-order valence-corrected chi connectivity index (χ0v) is 13.1. The van der Waals surface area contributed by atoms with Gasteiger partial charge in [0.1, 0.15) is 0 Å². The molecule has 22 heavy (non-hydrogen) atoms. The van der Waals surface area contributed by atoms with E-state index in [2.05, 4.69) is 0 Å². The second-order valence-corrected chi connectivity index (χ2v) is 6.14. The van der Waals surface area contributed by atoms with Crippen LogP contribution in [0.3, 0.4) is 0 Å². The lowest BCUT2D eigenvalue weighted by atomic mass is 9.70. The summed E-state index contributed by atoms with van der Waals surface area (Å²) in [7, 11) is 0. The van der Waals surface area contributed by atoms with Crippen LogP contribution in [0.5, 0.6) is 0 Å². The third kappa shape index (κ3) is 3.78. The van der Waals surface area contributed by atoms with Gasteiger partial charge in [-0.15, -0.1) is 0 Å². The van der Waals surface area contributed by atoms with Gasteiger partial charge in [-0.1, -0.05) is 30.3 Å². The summed E-state index contributed by atoms with van der Waals surface area (Å²) in [6.45, 7) is 4.68. The van der Waals surface area contributed by atoms with E-state index in [-0.39, 0.29) is 18.6 Å². The lowest BCUT2D eigenvalue weighted by molar-refractivity contribution is -0.139. The molecule has 0 atom stereocenters. The zero-order chi connectivity index (χ0) is 16.2. The maximum absolute atomic E-state index is 12.0. The van der Waals surface area contributed by atoms with Crippen molar-refractivity contribution >= 4 is 12.1 Å². The van der Waals surface area contributed by atoms with E-state index in [1.807, 2.05) is 44.2 Å². The number of carbonyl (C=O) groups excluding carboxylic acids is 1. The van der Waals surface area contributed by atoms with Gasteiger partial charge in [-0.05, 0) is 32.3 Å². The third-order valence-electron chi connectivity index (χ3n) is 4.19. The predicted octanol–water partition coefficient (Wildman–Crippen LogP) is 3.04. The minimum Gasteiger partial charge on any atom is -0.481 e. The van der Waals surface area contributed by atoms with E-state index >= 15 is 0 Å². The zero-order valence-electron chi connectivity index (χ0n) is 13.1. The molecule has 0 aromatic heterocycles. The van der Waals surface area contributed by atoms with Crippen LogP contribution in [-0.2, 0) is 14.9 Å². The highest BCUT2D eigenvalue weighted by Gasteiger charge is 2.39. The molecule has 0 bridgehead atoms. The van der Waals surface area contributed by atoms with E-state index in [1.54, 1.807) is 4.90 Å². The molecule has 1 amide bonds. The molecule has 1 saturated heterocycles. The summed E-state index contributed by atoms with van der Waals surface area (Å²) >= 11 is 0. The number of carbonyl (C=O) groups is 2. The molecule has 2 rings (SSSR count). The van der Waals surface area contributed by atoms with Crippen LogP contribution in [0.15, 0.2) is 30.3 Å². The first-order valence-corrected chi connectivity index (χ1v) is 7.66. The van der Waals surface area contributed by atoms with Gasteiger partial charge in [0.05, 0.1) is 12.5 Å². The molecule has 5 nitrogen and oxygen atoms in total. The van der Waals surface area contributed by atoms with Gasteiger partial charge >= 0.3 is 12.1 Å². The van der Waals surface area contributed by atoms with E-state index < -0.39 is 11.4 Å². The average molecular weight is 305 g/mol. The van der Waals surface area contributed by atoms with Gasteiger partial charge in [0.15, 0.2) is 0 Å². The topological polar surface area (TPSA) is 66.8 Å². The van der Waals surface area contributed by atoms with Crippen molar-refractivity contribution in [2.75, 3.05) is 13.1 Å². The van der Waals surface area contributed by atoms with Crippen LogP contribution >= 0.6 is 0 Å². The van der Waals surface area contributed by atoms with Crippen LogP contribution < -0.4 is 0 Å². The van der Waals surface area contributed by atoms with E-state index in [0.29, 0.717) is 25.9 Å². The standard InChI is InChI=1S/C17H23NO4/c1-13(2)22-16(21)18-10-8-17(9-11-18,12-15(19)20)14-6-4-3-5-7-14/h3-7,13H,8-12H2,1-2H3,(H,19,20). The Morgan fingerprint density at radius 2 is 1.82 bits per heavy atom. The van der Waals surface area contributed by atoms with Crippen LogP contribution in [0.4, 0.5) is 4.79 Å². The second kappa shape index (κ2) is 6.81. The summed E-state index contributed by atoms with van der Waals surface area (Å²) in [6.07, 6.45) is 0.899. The van der Waals surface area contributed by atoms with Crippen LogP contribution in [0, 0.1) is 0 Å². The smallest absolute Gasteiger partial charge is 0.410 e. The number of rotatable bonds is 4. The molecule has 1 aliphatic heterocycles. The van der Waals surface area contributed by atoms with Gasteiger partial charge in [0, 0.05) is 18.5 Å². The Kier molecular flexibility index (Phi) is 5.06. The fourth-order valence-corrected chi connectivity index (χ4v) is 3.04. The number of carboxylic acids is 1. The number of hydrogen-bond acceptors (Lipinski definition) is 3. The van der Waals surface area contributed by atoms with Gasteiger partial charge in [-0.3, -0.25) is 4.79 Å². The number of likely N-dealkylation sites (tertiary alicyclic amines) is 1. The number of amides is 1. The number of benzene rings is 1. The third-order valence-corrected chi connectivity index (χ3v) is 4.19. The summed E-state index contributed by atoms with van der Waals surface area (Å²) in [5.41, 5.74) is 0.635. The lowest BCUT2D eigenvalue weighted by Crippen LogP contribution is -2.46. The van der Waals surface area contributed by atoms with Crippen molar-refractivity contribution in [2.24, 2.45) is 0 Å². The molecule has 1 aromatic carbocycles. The molecular formula is C17H23NO4. The van der Waals surface area contributed by atoms with E-state index in [1.165, 1.54) is 0 Å². The minimum atomic E-state index is -0.804. The molecule has 0 radical (unpaired) electrons. The molecule has 1 aromatic rings. The van der Waals surface area contributed by atoms with Crippen molar-refractivity contribution in [3.63, 3.8) is 0 Å². The van der Waals surface area contributed by atoms with Crippen LogP contribution in [0.2, 0.25) is 0 Å². The predicted molar refractivity (Wildman–Crippen MR) is 82.8 cm³/mol. The van der Waals surface area contributed by atoms with Crippen LogP contribution in [0.25, 0.3) is 0 Å². The fourth-order valence-electron chi connectivity index (χ4n) is 3.04. The Bertz CT molecular complexity index is 519. The van der Waals surface area contributed by atoms with Crippen molar-refractivity contribution in [1.82, 2.24) is 4.90 Å². The Morgan fingerprint density at radius 1 is 1.23 bits per heavy atom. The maximum atomic E-state index is 12.0. The molecule has 0 unspecified atom stereocenters. The number of piperidine rings is 1. The number of hydrogen-bond donors (Lipinski definition) is 1. The summed E-state index contributed by atoms with van der Waals surface area (Å²) < 4.78 is 5.22. The SMILES string of the molecule is CC(C)OC(=O)N1CCC(CC(=O)O)(c2ccccc2)CC1. The molecule has 0 aliphatic carbocycles. The highest BCUT2D eigenvalue weighted by atomic mass is 16.6. The lowest BCUT2D eigenvalue weighted by Gasteiger charge is -2.41. The number of nitrogens with zero attached hydrogens (tertiary/aromatic N) is 1. The van der Waals surface area contributed by atoms with Crippen molar-refractivity contribution in [3.8, 4) is 0 Å². The minimum absolute atomic E-state index is 0.0874. The van der Waals surface area contributed by atoms with Crippen LogP contribution in [0.1, 0.15) is 38.7 Å². The Hall–Kier alpha value is -2.04. The van der Waals surface area contributed by atoms with E-state index in [9.17, 15) is 14.7 Å². The highest BCUT2D eigenvalue weighted by molar-refractivity contribution is 5.70. The molecule has 120 valence electrons. The molecule has 5 heteroatoms. The molecular weight excluding hydrogens is 282 g/mol. The summed E-state index contributed by atoms with van der Waals surface area (Å²) in [6, 6.07) is 9.74. The van der Waals surface area contributed by atoms with Gasteiger partial charge in [0.2, 0.25) is 0 Å². The number of ether oxygens (including phenoxy) is 1. The monoisotopic (exact) mass is 305 g/mol. The Balaban J connectivity index is 2.12. The molecule has 0 saturated carbocycles. The average Bonchev–Trinajstić information content (AvgIpc) is 2.47.